The molecular weight excluding hydrogens is 188 g/mol. The first-order chi connectivity index (χ1) is 6.97. The van der Waals surface area contributed by atoms with Crippen molar-refractivity contribution in [1.29, 1.82) is 0 Å². The lowest BCUT2D eigenvalue weighted by Crippen LogP contribution is -2.48. The normalized spacial score (nSPS) is 20.0. The molecule has 0 radical (unpaired) electrons. The average Bonchev–Trinajstić information content (AvgIpc) is 2.06. The molecule has 0 spiro atoms. The highest BCUT2D eigenvalue weighted by Gasteiger charge is 2.41. The van der Waals surface area contributed by atoms with Crippen LogP contribution in [0.5, 0.6) is 0 Å². The molecule has 1 aliphatic heterocycles. The third-order valence-corrected chi connectivity index (χ3v) is 2.77. The molecule has 15 heavy (non-hydrogen) atoms. The van der Waals surface area contributed by atoms with Gasteiger partial charge >= 0.3 is 0 Å². The van der Waals surface area contributed by atoms with E-state index in [1.165, 1.54) is 19.3 Å². The van der Waals surface area contributed by atoms with Gasteiger partial charge in [-0.1, -0.05) is 34.1 Å². The van der Waals surface area contributed by atoms with E-state index in [9.17, 15) is 0 Å². The summed E-state index contributed by atoms with van der Waals surface area (Å²) in [4.78, 5) is 0. The van der Waals surface area contributed by atoms with Gasteiger partial charge < -0.3 is 9.47 Å². The molecule has 0 aromatic rings. The molecule has 0 aromatic carbocycles. The molecule has 0 unspecified atom stereocenters. The van der Waals surface area contributed by atoms with Gasteiger partial charge in [-0.25, -0.2) is 0 Å². The van der Waals surface area contributed by atoms with Gasteiger partial charge in [-0.05, 0) is 18.3 Å². The molecule has 0 atom stereocenters. The van der Waals surface area contributed by atoms with Gasteiger partial charge in [0.1, 0.15) is 0 Å². The second kappa shape index (κ2) is 5.31. The number of rotatable bonds is 6. The van der Waals surface area contributed by atoms with Crippen molar-refractivity contribution < 1.29 is 9.47 Å². The lowest BCUT2D eigenvalue weighted by molar-refractivity contribution is -0.164. The highest BCUT2D eigenvalue weighted by Crippen LogP contribution is 2.39. The first kappa shape index (κ1) is 13.0. The Hall–Kier alpha value is -0.0800. The van der Waals surface area contributed by atoms with Gasteiger partial charge in [0.25, 0.3) is 0 Å². The van der Waals surface area contributed by atoms with Crippen LogP contribution >= 0.6 is 0 Å². The van der Waals surface area contributed by atoms with E-state index in [0.717, 1.165) is 26.4 Å². The summed E-state index contributed by atoms with van der Waals surface area (Å²) in [5, 5.41) is 0. The van der Waals surface area contributed by atoms with Crippen molar-refractivity contribution >= 4 is 0 Å². The lowest BCUT2D eigenvalue weighted by Gasteiger charge is -2.45. The van der Waals surface area contributed by atoms with E-state index >= 15 is 0 Å². The summed E-state index contributed by atoms with van der Waals surface area (Å²) >= 11 is 0. The summed E-state index contributed by atoms with van der Waals surface area (Å²) in [6.07, 6.45) is 3.58. The zero-order valence-electron chi connectivity index (χ0n) is 10.8. The van der Waals surface area contributed by atoms with Crippen molar-refractivity contribution in [2.24, 2.45) is 10.8 Å². The van der Waals surface area contributed by atoms with Crippen LogP contribution in [0.2, 0.25) is 0 Å². The smallest absolute Gasteiger partial charge is 0.0567 e. The van der Waals surface area contributed by atoms with Crippen molar-refractivity contribution in [3.63, 3.8) is 0 Å². The lowest BCUT2D eigenvalue weighted by atomic mass is 9.73. The van der Waals surface area contributed by atoms with Crippen molar-refractivity contribution in [1.82, 2.24) is 0 Å². The molecular formula is C13H26O2. The summed E-state index contributed by atoms with van der Waals surface area (Å²) in [7, 11) is 0. The van der Waals surface area contributed by atoms with E-state index < -0.39 is 0 Å². The fraction of sp³-hybridized carbons (Fsp3) is 1.00. The highest BCUT2D eigenvalue weighted by atomic mass is 16.5. The van der Waals surface area contributed by atoms with E-state index in [1.54, 1.807) is 0 Å². The van der Waals surface area contributed by atoms with E-state index in [4.69, 9.17) is 9.47 Å². The van der Waals surface area contributed by atoms with Crippen LogP contribution in [0.3, 0.4) is 0 Å². The van der Waals surface area contributed by atoms with Crippen LogP contribution in [0, 0.1) is 10.8 Å². The predicted octanol–water partition coefficient (Wildman–Crippen LogP) is 3.26. The van der Waals surface area contributed by atoms with Gasteiger partial charge in [0.2, 0.25) is 0 Å². The minimum absolute atomic E-state index is 0.311. The third-order valence-electron chi connectivity index (χ3n) is 2.77. The third kappa shape index (κ3) is 4.52. The van der Waals surface area contributed by atoms with Crippen LogP contribution in [0.4, 0.5) is 0 Å². The fourth-order valence-corrected chi connectivity index (χ4v) is 2.29. The summed E-state index contributed by atoms with van der Waals surface area (Å²) in [6, 6.07) is 0. The van der Waals surface area contributed by atoms with Gasteiger partial charge in [0.15, 0.2) is 0 Å². The average molecular weight is 214 g/mol. The first-order valence-corrected chi connectivity index (χ1v) is 6.13. The Morgan fingerprint density at radius 3 is 2.33 bits per heavy atom. The zero-order chi connectivity index (χ0) is 11.4. The fourth-order valence-electron chi connectivity index (χ4n) is 2.29. The van der Waals surface area contributed by atoms with Gasteiger partial charge in [0, 0.05) is 12.0 Å². The molecule has 90 valence electrons. The zero-order valence-corrected chi connectivity index (χ0v) is 10.8. The molecule has 0 aliphatic carbocycles. The van der Waals surface area contributed by atoms with Crippen LogP contribution < -0.4 is 0 Å². The number of ether oxygens (including phenoxy) is 2. The molecule has 0 bridgehead atoms. The van der Waals surface area contributed by atoms with Crippen molar-refractivity contribution in [2.75, 3.05) is 26.4 Å². The van der Waals surface area contributed by atoms with Gasteiger partial charge in [-0.15, -0.1) is 0 Å². The maximum atomic E-state index is 5.75. The van der Waals surface area contributed by atoms with Crippen LogP contribution in [0.25, 0.3) is 0 Å². The molecule has 2 heteroatoms. The Bertz CT molecular complexity index is 177. The molecule has 1 fully saturated rings. The molecule has 2 nitrogen and oxygen atoms in total. The second-order valence-corrected chi connectivity index (χ2v) is 6.14. The summed E-state index contributed by atoms with van der Waals surface area (Å²) in [5.74, 6) is 0. The van der Waals surface area contributed by atoms with E-state index in [2.05, 4.69) is 27.7 Å². The van der Waals surface area contributed by atoms with Gasteiger partial charge in [0.05, 0.1) is 19.8 Å². The summed E-state index contributed by atoms with van der Waals surface area (Å²) in [5.41, 5.74) is 0.684. The van der Waals surface area contributed by atoms with E-state index in [0.29, 0.717) is 10.8 Å². The topological polar surface area (TPSA) is 18.5 Å². The predicted molar refractivity (Wildman–Crippen MR) is 63.1 cm³/mol. The second-order valence-electron chi connectivity index (χ2n) is 6.14. The molecule has 0 amide bonds. The maximum absolute atomic E-state index is 5.75. The Kier molecular flexibility index (Phi) is 4.60. The Morgan fingerprint density at radius 1 is 1.27 bits per heavy atom. The number of hydrogen-bond donors (Lipinski definition) is 0. The van der Waals surface area contributed by atoms with Crippen molar-refractivity contribution in [2.45, 2.75) is 47.0 Å². The van der Waals surface area contributed by atoms with Crippen LogP contribution in [-0.2, 0) is 9.47 Å². The number of hydrogen-bond acceptors (Lipinski definition) is 2. The molecule has 0 aromatic heterocycles. The summed E-state index contributed by atoms with van der Waals surface area (Å²) in [6.45, 7) is 12.6. The standard InChI is InChI=1S/C13H26O2/c1-5-6-7-14-9-13(10-15-11-13)8-12(2,3)4/h5-11H2,1-4H3. The highest BCUT2D eigenvalue weighted by molar-refractivity contribution is 4.89. The van der Waals surface area contributed by atoms with Crippen molar-refractivity contribution in [3.8, 4) is 0 Å². The van der Waals surface area contributed by atoms with E-state index in [-0.39, 0.29) is 0 Å². The first-order valence-electron chi connectivity index (χ1n) is 6.13. The largest absolute Gasteiger partial charge is 0.381 e. The SMILES string of the molecule is CCCCOCC1(CC(C)(C)C)COC1. The monoisotopic (exact) mass is 214 g/mol. The van der Waals surface area contributed by atoms with Gasteiger partial charge in [-0.3, -0.25) is 0 Å². The van der Waals surface area contributed by atoms with Crippen LogP contribution in [0.1, 0.15) is 47.0 Å². The maximum Gasteiger partial charge on any atom is 0.0567 e. The van der Waals surface area contributed by atoms with Crippen LogP contribution in [0.15, 0.2) is 0 Å². The number of unbranched alkanes of at least 4 members (excludes halogenated alkanes) is 1. The Morgan fingerprint density at radius 2 is 1.93 bits per heavy atom. The van der Waals surface area contributed by atoms with Crippen LogP contribution in [-0.4, -0.2) is 26.4 Å². The minimum Gasteiger partial charge on any atom is -0.381 e. The summed E-state index contributed by atoms with van der Waals surface area (Å²) < 4.78 is 11.1. The molecule has 1 aliphatic rings. The van der Waals surface area contributed by atoms with Gasteiger partial charge in [-0.2, -0.15) is 0 Å². The molecule has 1 saturated heterocycles. The molecule has 0 N–H and O–H groups in total. The quantitative estimate of drug-likeness (QED) is 0.632. The molecule has 0 saturated carbocycles. The van der Waals surface area contributed by atoms with E-state index in [1.807, 2.05) is 0 Å². The molecule has 1 heterocycles. The Balaban J connectivity index is 2.27. The Labute approximate surface area is 94.3 Å². The minimum atomic E-state index is 0.311. The molecule has 1 rings (SSSR count). The van der Waals surface area contributed by atoms with Crippen molar-refractivity contribution in [3.05, 3.63) is 0 Å².